The maximum Gasteiger partial charge on any atom is 0.253 e. The van der Waals surface area contributed by atoms with Crippen LogP contribution in [0.5, 0.6) is 0 Å². The minimum absolute atomic E-state index is 0.139. The minimum atomic E-state index is -0.342. The highest BCUT2D eigenvalue weighted by atomic mass is 15.5. The van der Waals surface area contributed by atoms with Crippen molar-refractivity contribution in [2.45, 2.75) is 38.8 Å². The minimum Gasteiger partial charge on any atom is -0.317 e. The Labute approximate surface area is 271 Å². The molecule has 0 atom stereocenters. The Hall–Kier alpha value is -5.22. The van der Waals surface area contributed by atoms with Crippen LogP contribution < -0.4 is 31.1 Å². The van der Waals surface area contributed by atoms with E-state index in [0.717, 1.165) is 0 Å². The standard InChI is InChI=1S/C42H34BN3/c1-41(2)31-21-14-22-33-36(31)43-37-32(41)24-26-35-40(37)46(42(3,4)45(35)29-19-12-7-13-20-29)34-25-23-30(27-15-8-5-9-16-27)39(38(34)43)44(33)28-17-10-6-11-18-28/h5-26H,1-4H3. The molecule has 10 rings (SSSR count). The van der Waals surface area contributed by atoms with Crippen LogP contribution in [-0.4, -0.2) is 12.4 Å². The van der Waals surface area contributed by atoms with E-state index in [-0.39, 0.29) is 17.8 Å². The van der Waals surface area contributed by atoms with Gasteiger partial charge < -0.3 is 14.7 Å². The van der Waals surface area contributed by atoms with Gasteiger partial charge in [-0.1, -0.05) is 105 Å². The van der Waals surface area contributed by atoms with Crippen LogP contribution in [0, 0.1) is 0 Å². The van der Waals surface area contributed by atoms with Gasteiger partial charge >= 0.3 is 0 Å². The van der Waals surface area contributed by atoms with E-state index >= 15 is 0 Å². The average Bonchev–Trinajstić information content (AvgIpc) is 3.33. The molecule has 0 N–H and O–H groups in total. The summed E-state index contributed by atoms with van der Waals surface area (Å²) in [5.41, 5.74) is 18.1. The zero-order valence-electron chi connectivity index (χ0n) is 26.6. The Morgan fingerprint density at radius 3 is 1.80 bits per heavy atom. The molecule has 0 aliphatic carbocycles. The molecular weight excluding hydrogens is 557 g/mol. The molecule has 0 fully saturated rings. The van der Waals surface area contributed by atoms with E-state index in [0.29, 0.717) is 0 Å². The summed E-state index contributed by atoms with van der Waals surface area (Å²) in [6.45, 7) is 9.76. The molecule has 0 saturated carbocycles. The molecule has 0 bridgehead atoms. The molecule has 0 amide bonds. The van der Waals surface area contributed by atoms with Gasteiger partial charge in [-0.3, -0.25) is 0 Å². The molecule has 4 aliphatic heterocycles. The lowest BCUT2D eigenvalue weighted by Gasteiger charge is -2.51. The lowest BCUT2D eigenvalue weighted by Crippen LogP contribution is -2.68. The molecule has 4 aliphatic rings. The molecule has 6 aromatic rings. The third-order valence-electron chi connectivity index (χ3n) is 11.1. The number of anilines is 7. The molecule has 46 heavy (non-hydrogen) atoms. The van der Waals surface area contributed by atoms with Gasteiger partial charge in [0.25, 0.3) is 6.71 Å². The number of rotatable bonds is 3. The summed E-state index contributed by atoms with van der Waals surface area (Å²) in [7, 11) is 0. The van der Waals surface area contributed by atoms with Gasteiger partial charge in [0.05, 0.1) is 17.1 Å². The summed E-state index contributed by atoms with van der Waals surface area (Å²) in [6, 6.07) is 49.5. The molecule has 220 valence electrons. The summed E-state index contributed by atoms with van der Waals surface area (Å²) < 4.78 is 0. The second-order valence-electron chi connectivity index (χ2n) is 14.1. The van der Waals surface area contributed by atoms with Crippen LogP contribution >= 0.6 is 0 Å². The lowest BCUT2D eigenvalue weighted by atomic mass is 9.28. The first-order valence-corrected chi connectivity index (χ1v) is 16.4. The topological polar surface area (TPSA) is 9.72 Å². The van der Waals surface area contributed by atoms with Crippen LogP contribution in [0.15, 0.2) is 133 Å². The molecule has 0 saturated heterocycles. The van der Waals surface area contributed by atoms with Gasteiger partial charge in [-0.05, 0) is 89.4 Å². The predicted molar refractivity (Wildman–Crippen MR) is 195 cm³/mol. The van der Waals surface area contributed by atoms with Crippen molar-refractivity contribution in [3.05, 3.63) is 145 Å². The van der Waals surface area contributed by atoms with Gasteiger partial charge in [0.2, 0.25) is 0 Å². The maximum atomic E-state index is 2.66. The fraction of sp³-hybridized carbons (Fsp3) is 0.143. The van der Waals surface area contributed by atoms with Gasteiger partial charge in [0, 0.05) is 33.7 Å². The van der Waals surface area contributed by atoms with Gasteiger partial charge in [-0.15, -0.1) is 0 Å². The van der Waals surface area contributed by atoms with E-state index < -0.39 is 0 Å². The zero-order valence-corrected chi connectivity index (χ0v) is 26.6. The summed E-state index contributed by atoms with van der Waals surface area (Å²) in [5.74, 6) is 0. The third-order valence-corrected chi connectivity index (χ3v) is 11.1. The summed E-state index contributed by atoms with van der Waals surface area (Å²) >= 11 is 0. The number of nitrogens with zero attached hydrogens (tertiary/aromatic N) is 3. The first kappa shape index (κ1) is 26.0. The Balaban J connectivity index is 1.39. The van der Waals surface area contributed by atoms with Crippen LogP contribution in [-0.2, 0) is 5.41 Å². The van der Waals surface area contributed by atoms with Crippen molar-refractivity contribution in [3.8, 4) is 11.1 Å². The van der Waals surface area contributed by atoms with Crippen LogP contribution in [0.1, 0.15) is 38.8 Å². The van der Waals surface area contributed by atoms with E-state index in [4.69, 9.17) is 0 Å². The smallest absolute Gasteiger partial charge is 0.253 e. The molecule has 0 spiro atoms. The van der Waals surface area contributed by atoms with Crippen molar-refractivity contribution in [2.75, 3.05) is 14.7 Å². The van der Waals surface area contributed by atoms with Crippen molar-refractivity contribution in [2.24, 2.45) is 0 Å². The molecule has 6 aromatic carbocycles. The first-order chi connectivity index (χ1) is 22.4. The summed E-state index contributed by atoms with van der Waals surface area (Å²) in [5, 5.41) is 0. The third kappa shape index (κ3) is 3.05. The Morgan fingerprint density at radius 2 is 1.09 bits per heavy atom. The molecule has 0 radical (unpaired) electrons. The van der Waals surface area contributed by atoms with E-state index in [9.17, 15) is 0 Å². The van der Waals surface area contributed by atoms with E-state index in [1.807, 2.05) is 0 Å². The van der Waals surface area contributed by atoms with Crippen molar-refractivity contribution in [3.63, 3.8) is 0 Å². The largest absolute Gasteiger partial charge is 0.317 e. The van der Waals surface area contributed by atoms with E-state index in [2.05, 4.69) is 176 Å². The summed E-state index contributed by atoms with van der Waals surface area (Å²) in [6.07, 6.45) is 0. The van der Waals surface area contributed by atoms with Crippen LogP contribution in [0.2, 0.25) is 0 Å². The van der Waals surface area contributed by atoms with Gasteiger partial charge in [-0.2, -0.15) is 0 Å². The SMILES string of the molecule is CC1(C)c2cccc3c2B2c4c(ccc(-c5ccccc5)c4N3c3ccccc3)N3c4c(ccc1c42)N(c1ccccc1)C3(C)C. The number of fused-ring (bicyclic) bond motifs is 1. The molecule has 0 unspecified atom stereocenters. The highest BCUT2D eigenvalue weighted by Crippen LogP contribution is 2.57. The van der Waals surface area contributed by atoms with Crippen LogP contribution in [0.3, 0.4) is 0 Å². The number of benzene rings is 6. The Bertz CT molecular complexity index is 2220. The van der Waals surface area contributed by atoms with E-state index in [1.54, 1.807) is 0 Å². The van der Waals surface area contributed by atoms with Crippen LogP contribution in [0.4, 0.5) is 39.8 Å². The highest BCUT2D eigenvalue weighted by molar-refractivity contribution is 7.01. The number of hydrogen-bond donors (Lipinski definition) is 0. The molecule has 0 aromatic heterocycles. The highest BCUT2D eigenvalue weighted by Gasteiger charge is 2.57. The van der Waals surface area contributed by atoms with Crippen molar-refractivity contribution in [1.29, 1.82) is 0 Å². The fourth-order valence-corrected chi connectivity index (χ4v) is 9.27. The molecule has 3 nitrogen and oxygen atoms in total. The molecular formula is C42H34BN3. The van der Waals surface area contributed by atoms with Crippen LogP contribution in [0.25, 0.3) is 11.1 Å². The van der Waals surface area contributed by atoms with Crippen molar-refractivity contribution in [1.82, 2.24) is 0 Å². The van der Waals surface area contributed by atoms with E-state index in [1.165, 1.54) is 78.5 Å². The second kappa shape index (κ2) is 8.73. The normalized spacial score (nSPS) is 16.9. The quantitative estimate of drug-likeness (QED) is 0.191. The maximum absolute atomic E-state index is 2.66. The Kier molecular flexibility index (Phi) is 4.94. The predicted octanol–water partition coefficient (Wildman–Crippen LogP) is 8.63. The number of para-hydroxylation sites is 2. The second-order valence-corrected chi connectivity index (χ2v) is 14.1. The van der Waals surface area contributed by atoms with Gasteiger partial charge in [0.1, 0.15) is 5.66 Å². The first-order valence-electron chi connectivity index (χ1n) is 16.4. The van der Waals surface area contributed by atoms with Crippen molar-refractivity contribution < 1.29 is 0 Å². The zero-order chi connectivity index (χ0) is 30.9. The number of hydrogen-bond acceptors (Lipinski definition) is 3. The lowest BCUT2D eigenvalue weighted by molar-refractivity contribution is 0.540. The monoisotopic (exact) mass is 591 g/mol. The summed E-state index contributed by atoms with van der Waals surface area (Å²) in [4.78, 5) is 7.78. The average molecular weight is 592 g/mol. The van der Waals surface area contributed by atoms with Crippen molar-refractivity contribution >= 4 is 62.9 Å². The van der Waals surface area contributed by atoms with Gasteiger partial charge in [-0.25, -0.2) is 0 Å². The Morgan fingerprint density at radius 1 is 0.457 bits per heavy atom. The molecule has 4 heterocycles. The molecule has 4 heteroatoms. The van der Waals surface area contributed by atoms with Gasteiger partial charge in [0.15, 0.2) is 0 Å². The fourth-order valence-electron chi connectivity index (χ4n) is 9.27.